The SMILES string of the molecule is CCOc1cc(C=C2C(=O)NC(=O)NC2=O)ccc1OCCOc1ccccc1. The lowest BCUT2D eigenvalue weighted by Crippen LogP contribution is -2.51. The first-order chi connectivity index (χ1) is 14.1. The summed E-state index contributed by atoms with van der Waals surface area (Å²) in [7, 11) is 0. The molecule has 0 atom stereocenters. The summed E-state index contributed by atoms with van der Waals surface area (Å²) >= 11 is 0. The summed E-state index contributed by atoms with van der Waals surface area (Å²) < 4.78 is 16.9. The Morgan fingerprint density at radius 2 is 1.52 bits per heavy atom. The lowest BCUT2D eigenvalue weighted by atomic mass is 10.1. The Labute approximate surface area is 167 Å². The van der Waals surface area contributed by atoms with Crippen LogP contribution in [-0.2, 0) is 9.59 Å². The molecule has 0 radical (unpaired) electrons. The normalized spacial score (nSPS) is 13.4. The van der Waals surface area contributed by atoms with Crippen molar-refractivity contribution in [2.75, 3.05) is 19.8 Å². The van der Waals surface area contributed by atoms with Gasteiger partial charge in [0.25, 0.3) is 11.8 Å². The molecular weight excluding hydrogens is 376 g/mol. The highest BCUT2D eigenvalue weighted by Crippen LogP contribution is 2.29. The number of carbonyl (C=O) groups excluding carboxylic acids is 3. The zero-order valence-corrected chi connectivity index (χ0v) is 15.8. The van der Waals surface area contributed by atoms with Crippen molar-refractivity contribution in [3.8, 4) is 17.2 Å². The first kappa shape index (κ1) is 19.9. The van der Waals surface area contributed by atoms with E-state index >= 15 is 0 Å². The van der Waals surface area contributed by atoms with E-state index in [0.29, 0.717) is 36.9 Å². The van der Waals surface area contributed by atoms with E-state index in [9.17, 15) is 14.4 Å². The average molecular weight is 396 g/mol. The Balaban J connectivity index is 1.68. The van der Waals surface area contributed by atoms with Gasteiger partial charge >= 0.3 is 6.03 Å². The number of hydrogen-bond donors (Lipinski definition) is 2. The van der Waals surface area contributed by atoms with Crippen LogP contribution in [0, 0.1) is 0 Å². The van der Waals surface area contributed by atoms with Crippen LogP contribution in [0.1, 0.15) is 12.5 Å². The summed E-state index contributed by atoms with van der Waals surface area (Å²) in [6, 6.07) is 13.6. The predicted molar refractivity (Wildman–Crippen MR) is 105 cm³/mol. The van der Waals surface area contributed by atoms with Crippen LogP contribution in [-0.4, -0.2) is 37.7 Å². The minimum atomic E-state index is -0.839. The third-order valence-corrected chi connectivity index (χ3v) is 3.87. The molecule has 8 heteroatoms. The molecule has 0 aromatic heterocycles. The number of ether oxygens (including phenoxy) is 3. The number of rotatable bonds is 8. The van der Waals surface area contributed by atoms with Gasteiger partial charge in [-0.25, -0.2) is 4.79 Å². The van der Waals surface area contributed by atoms with E-state index in [4.69, 9.17) is 14.2 Å². The molecule has 0 unspecified atom stereocenters. The van der Waals surface area contributed by atoms with Crippen LogP contribution < -0.4 is 24.8 Å². The summed E-state index contributed by atoms with van der Waals surface area (Å²) in [6.07, 6.45) is 1.38. The van der Waals surface area contributed by atoms with Crippen LogP contribution in [0.4, 0.5) is 4.79 Å². The Bertz CT molecular complexity index is 917. The molecule has 1 aliphatic rings. The van der Waals surface area contributed by atoms with Crippen LogP contribution in [0.5, 0.6) is 17.2 Å². The van der Waals surface area contributed by atoms with Crippen LogP contribution in [0.25, 0.3) is 6.08 Å². The number of amides is 4. The summed E-state index contributed by atoms with van der Waals surface area (Å²) in [5.41, 5.74) is 0.382. The molecule has 1 heterocycles. The molecule has 1 aliphatic heterocycles. The van der Waals surface area contributed by atoms with Crippen LogP contribution in [0.15, 0.2) is 54.1 Å². The number of benzene rings is 2. The van der Waals surface area contributed by atoms with Crippen molar-refractivity contribution in [1.29, 1.82) is 0 Å². The molecule has 0 spiro atoms. The van der Waals surface area contributed by atoms with Crippen molar-refractivity contribution in [1.82, 2.24) is 10.6 Å². The van der Waals surface area contributed by atoms with E-state index in [1.165, 1.54) is 6.08 Å². The van der Waals surface area contributed by atoms with E-state index in [2.05, 4.69) is 0 Å². The molecule has 0 bridgehead atoms. The highest BCUT2D eigenvalue weighted by molar-refractivity contribution is 6.31. The highest BCUT2D eigenvalue weighted by Gasteiger charge is 2.27. The zero-order valence-electron chi connectivity index (χ0n) is 15.8. The third-order valence-electron chi connectivity index (χ3n) is 3.87. The number of hydrogen-bond acceptors (Lipinski definition) is 6. The van der Waals surface area contributed by atoms with E-state index in [1.54, 1.807) is 18.2 Å². The maximum atomic E-state index is 11.9. The topological polar surface area (TPSA) is 103 Å². The highest BCUT2D eigenvalue weighted by atomic mass is 16.5. The standard InChI is InChI=1S/C21H20N2O6/c1-2-27-18-13-14(12-16-19(24)22-21(26)23-20(16)25)8-9-17(18)29-11-10-28-15-6-4-3-5-7-15/h3-9,12-13H,2,10-11H2,1H3,(H2,22,23,24,25,26). The van der Waals surface area contributed by atoms with Gasteiger partial charge in [0.2, 0.25) is 0 Å². The van der Waals surface area contributed by atoms with E-state index in [1.807, 2.05) is 47.9 Å². The van der Waals surface area contributed by atoms with Gasteiger partial charge in [-0.1, -0.05) is 24.3 Å². The van der Waals surface area contributed by atoms with Gasteiger partial charge in [-0.05, 0) is 42.8 Å². The lowest BCUT2D eigenvalue weighted by Gasteiger charge is -2.15. The number of urea groups is 1. The quantitative estimate of drug-likeness (QED) is 0.403. The minimum Gasteiger partial charge on any atom is -0.490 e. The predicted octanol–water partition coefficient (Wildman–Crippen LogP) is 2.29. The summed E-state index contributed by atoms with van der Waals surface area (Å²) in [5.74, 6) is 0.225. The fourth-order valence-electron chi connectivity index (χ4n) is 2.60. The summed E-state index contributed by atoms with van der Waals surface area (Å²) in [4.78, 5) is 34.9. The monoisotopic (exact) mass is 396 g/mol. The first-order valence-electron chi connectivity index (χ1n) is 9.02. The lowest BCUT2D eigenvalue weighted by molar-refractivity contribution is -0.123. The van der Waals surface area contributed by atoms with Crippen molar-refractivity contribution in [3.63, 3.8) is 0 Å². The van der Waals surface area contributed by atoms with Gasteiger partial charge in [0.1, 0.15) is 24.5 Å². The second-order valence-electron chi connectivity index (χ2n) is 5.94. The smallest absolute Gasteiger partial charge is 0.328 e. The van der Waals surface area contributed by atoms with Gasteiger partial charge in [0.15, 0.2) is 11.5 Å². The van der Waals surface area contributed by atoms with Gasteiger partial charge in [0.05, 0.1) is 6.61 Å². The maximum Gasteiger partial charge on any atom is 0.328 e. The van der Waals surface area contributed by atoms with Gasteiger partial charge < -0.3 is 14.2 Å². The molecule has 0 aliphatic carbocycles. The van der Waals surface area contributed by atoms with Crippen molar-refractivity contribution < 1.29 is 28.6 Å². The second-order valence-corrected chi connectivity index (χ2v) is 5.94. The third kappa shape index (κ3) is 5.35. The van der Waals surface area contributed by atoms with Gasteiger partial charge in [-0.2, -0.15) is 0 Å². The Kier molecular flexibility index (Phi) is 6.47. The first-order valence-corrected chi connectivity index (χ1v) is 9.02. The fraction of sp³-hybridized carbons (Fsp3) is 0.190. The van der Waals surface area contributed by atoms with Gasteiger partial charge in [-0.15, -0.1) is 0 Å². The number of carbonyl (C=O) groups is 3. The van der Waals surface area contributed by atoms with Crippen LogP contribution >= 0.6 is 0 Å². The molecule has 29 heavy (non-hydrogen) atoms. The van der Waals surface area contributed by atoms with Crippen molar-refractivity contribution in [3.05, 3.63) is 59.7 Å². The number of para-hydroxylation sites is 1. The van der Waals surface area contributed by atoms with Crippen LogP contribution in [0.2, 0.25) is 0 Å². The number of nitrogens with one attached hydrogen (secondary N) is 2. The molecule has 4 amide bonds. The Morgan fingerprint density at radius 3 is 2.21 bits per heavy atom. The maximum absolute atomic E-state index is 11.9. The minimum absolute atomic E-state index is 0.169. The zero-order chi connectivity index (χ0) is 20.6. The van der Waals surface area contributed by atoms with Crippen molar-refractivity contribution >= 4 is 23.9 Å². The van der Waals surface area contributed by atoms with Crippen molar-refractivity contribution in [2.24, 2.45) is 0 Å². The molecule has 1 saturated heterocycles. The molecule has 2 N–H and O–H groups in total. The second kappa shape index (κ2) is 9.41. The largest absolute Gasteiger partial charge is 0.490 e. The summed E-state index contributed by atoms with van der Waals surface area (Å²) in [6.45, 7) is 2.91. The molecule has 2 aromatic rings. The van der Waals surface area contributed by atoms with E-state index < -0.39 is 17.8 Å². The molecule has 0 saturated carbocycles. The fourth-order valence-corrected chi connectivity index (χ4v) is 2.60. The number of imide groups is 2. The molecular formula is C21H20N2O6. The molecule has 3 rings (SSSR count). The average Bonchev–Trinajstić information content (AvgIpc) is 2.70. The molecule has 150 valence electrons. The molecule has 8 nitrogen and oxygen atoms in total. The Morgan fingerprint density at radius 1 is 0.828 bits per heavy atom. The van der Waals surface area contributed by atoms with Gasteiger partial charge in [0, 0.05) is 0 Å². The van der Waals surface area contributed by atoms with E-state index in [0.717, 1.165) is 5.75 Å². The number of barbiturate groups is 1. The summed E-state index contributed by atoms with van der Waals surface area (Å²) in [5, 5.41) is 4.06. The van der Waals surface area contributed by atoms with Crippen LogP contribution in [0.3, 0.4) is 0 Å². The van der Waals surface area contributed by atoms with E-state index in [-0.39, 0.29) is 5.57 Å². The molecule has 1 fully saturated rings. The van der Waals surface area contributed by atoms with Crippen molar-refractivity contribution in [2.45, 2.75) is 6.92 Å². The Hall–Kier alpha value is -3.81. The van der Waals surface area contributed by atoms with Gasteiger partial charge in [-0.3, -0.25) is 20.2 Å². The molecule has 2 aromatic carbocycles.